The zero-order chi connectivity index (χ0) is 18.5. The highest BCUT2D eigenvalue weighted by molar-refractivity contribution is 6.31. The highest BCUT2D eigenvalue weighted by Gasteiger charge is 2.18. The van der Waals surface area contributed by atoms with Crippen LogP contribution >= 0.6 is 11.6 Å². The number of Topliss-reactive ketones (excluding diaryl/α,β-unsaturated/α-hetero) is 1. The summed E-state index contributed by atoms with van der Waals surface area (Å²) in [5.41, 5.74) is 3.12. The first-order valence-electron chi connectivity index (χ1n) is 7.84. The van der Waals surface area contributed by atoms with Crippen LogP contribution in [0.15, 0.2) is 65.3 Å². The number of ketones is 1. The quantitative estimate of drug-likeness (QED) is 0.396. The van der Waals surface area contributed by atoms with Gasteiger partial charge in [-0.1, -0.05) is 22.7 Å². The number of hydrogen-bond donors (Lipinski definition) is 1. The Morgan fingerprint density at radius 1 is 1.19 bits per heavy atom. The molecule has 3 rings (SSSR count). The van der Waals surface area contributed by atoms with E-state index in [2.05, 4.69) is 16.4 Å². The number of rotatable bonds is 5. The minimum Gasteiger partial charge on any atom is -0.361 e. The fourth-order valence-electron chi connectivity index (χ4n) is 2.31. The van der Waals surface area contributed by atoms with Gasteiger partial charge >= 0.3 is 0 Å². The van der Waals surface area contributed by atoms with Gasteiger partial charge in [0.15, 0.2) is 11.5 Å². The third-order valence-corrected chi connectivity index (χ3v) is 3.93. The van der Waals surface area contributed by atoms with Crippen molar-refractivity contribution in [2.75, 3.05) is 5.32 Å². The number of nitrogens with zero attached hydrogens (tertiary/aromatic N) is 1. The summed E-state index contributed by atoms with van der Waals surface area (Å²) in [5, 5.41) is 7.53. The Hall–Kier alpha value is -3.29. The second-order valence-electron chi connectivity index (χ2n) is 5.59. The van der Waals surface area contributed by atoms with E-state index < -0.39 is 0 Å². The molecule has 128 valence electrons. The minimum atomic E-state index is -0.203. The average molecular weight is 363 g/mol. The maximum Gasteiger partial charge on any atom is 0.198 e. The third kappa shape index (κ3) is 4.02. The molecule has 0 fully saturated rings. The van der Waals surface area contributed by atoms with E-state index in [9.17, 15) is 4.79 Å². The van der Waals surface area contributed by atoms with Crippen molar-refractivity contribution in [1.82, 2.24) is 5.16 Å². The Bertz CT molecular complexity index is 994. The zero-order valence-corrected chi connectivity index (χ0v) is 14.7. The first kappa shape index (κ1) is 17.5. The highest BCUT2D eigenvalue weighted by atomic mass is 35.5. The number of aromatic nitrogens is 1. The van der Waals surface area contributed by atoms with Gasteiger partial charge in [-0.3, -0.25) is 4.79 Å². The van der Waals surface area contributed by atoms with E-state index in [1.165, 1.54) is 0 Å². The molecule has 0 aliphatic heterocycles. The molecule has 0 atom stereocenters. The summed E-state index contributed by atoms with van der Waals surface area (Å²) in [6, 6.07) is 15.7. The molecule has 0 bridgehead atoms. The van der Waals surface area contributed by atoms with Crippen LogP contribution in [0.2, 0.25) is 5.02 Å². The van der Waals surface area contributed by atoms with Crippen molar-refractivity contribution in [2.45, 2.75) is 6.92 Å². The largest absolute Gasteiger partial charge is 0.361 e. The number of carbonyl (C=O) groups excluding carboxylic acids is 1. The van der Waals surface area contributed by atoms with Crippen LogP contribution in [0.3, 0.4) is 0 Å². The molecule has 2 aromatic carbocycles. The Morgan fingerprint density at radius 3 is 2.46 bits per heavy atom. The maximum atomic E-state index is 12.9. The van der Waals surface area contributed by atoms with E-state index in [4.69, 9.17) is 22.5 Å². The van der Waals surface area contributed by atoms with Crippen LogP contribution in [0.25, 0.3) is 5.57 Å². The van der Waals surface area contributed by atoms with Crippen molar-refractivity contribution in [1.29, 1.82) is 0 Å². The number of anilines is 1. The lowest BCUT2D eigenvalue weighted by Gasteiger charge is -2.06. The fourth-order valence-corrected chi connectivity index (χ4v) is 2.44. The summed E-state index contributed by atoms with van der Waals surface area (Å²) >= 11 is 5.90. The monoisotopic (exact) mass is 362 g/mol. The second-order valence-corrected chi connectivity index (χ2v) is 6.03. The molecule has 0 aliphatic rings. The number of hydrogen-bond acceptors (Lipinski definition) is 4. The highest BCUT2D eigenvalue weighted by Crippen LogP contribution is 2.22. The van der Waals surface area contributed by atoms with Gasteiger partial charge in [-0.05, 0) is 55.5 Å². The van der Waals surface area contributed by atoms with Crippen molar-refractivity contribution in [3.8, 4) is 12.3 Å². The van der Waals surface area contributed by atoms with Gasteiger partial charge in [0.2, 0.25) is 0 Å². The summed E-state index contributed by atoms with van der Waals surface area (Å²) in [6.45, 7) is 1.79. The van der Waals surface area contributed by atoms with Crippen molar-refractivity contribution in [3.63, 3.8) is 0 Å². The summed E-state index contributed by atoms with van der Waals surface area (Å²) in [7, 11) is 0. The lowest BCUT2D eigenvalue weighted by molar-refractivity contribution is 0.105. The molecule has 1 aromatic heterocycles. The SMILES string of the molecule is C#Cc1ccc(N/C=C(/C(=O)c2ccc(Cl)cc2)c2cc(C)no2)cc1. The third-order valence-electron chi connectivity index (χ3n) is 3.68. The number of nitrogens with one attached hydrogen (secondary N) is 1. The van der Waals surface area contributed by atoms with Gasteiger partial charge in [-0.2, -0.15) is 0 Å². The van der Waals surface area contributed by atoms with Crippen molar-refractivity contribution < 1.29 is 9.32 Å². The summed E-state index contributed by atoms with van der Waals surface area (Å²) in [4.78, 5) is 12.9. The number of carbonyl (C=O) groups is 1. The molecule has 0 spiro atoms. The number of benzene rings is 2. The molecule has 0 amide bonds. The summed E-state index contributed by atoms with van der Waals surface area (Å²) < 4.78 is 5.29. The van der Waals surface area contributed by atoms with E-state index in [-0.39, 0.29) is 5.78 Å². The first-order valence-corrected chi connectivity index (χ1v) is 8.22. The van der Waals surface area contributed by atoms with E-state index in [1.807, 2.05) is 24.3 Å². The van der Waals surface area contributed by atoms with Gasteiger partial charge in [0, 0.05) is 34.1 Å². The van der Waals surface area contributed by atoms with Crippen LogP contribution in [-0.4, -0.2) is 10.9 Å². The topological polar surface area (TPSA) is 55.1 Å². The van der Waals surface area contributed by atoms with E-state index in [0.29, 0.717) is 27.6 Å². The van der Waals surface area contributed by atoms with Crippen molar-refractivity contribution >= 4 is 28.6 Å². The maximum absolute atomic E-state index is 12.9. The molecule has 1 heterocycles. The first-order chi connectivity index (χ1) is 12.6. The van der Waals surface area contributed by atoms with E-state index in [1.54, 1.807) is 43.5 Å². The fraction of sp³-hybridized carbons (Fsp3) is 0.0476. The van der Waals surface area contributed by atoms with Crippen LogP contribution in [-0.2, 0) is 0 Å². The molecule has 26 heavy (non-hydrogen) atoms. The van der Waals surface area contributed by atoms with Crippen LogP contribution < -0.4 is 5.32 Å². The number of allylic oxidation sites excluding steroid dienone is 1. The Balaban J connectivity index is 1.93. The van der Waals surface area contributed by atoms with Gasteiger partial charge in [0.1, 0.15) is 0 Å². The van der Waals surface area contributed by atoms with Crippen LogP contribution in [0.5, 0.6) is 0 Å². The molecule has 4 nitrogen and oxygen atoms in total. The molecule has 0 unspecified atom stereocenters. The lowest BCUT2D eigenvalue weighted by Crippen LogP contribution is -2.04. The molecule has 1 N–H and O–H groups in total. The van der Waals surface area contributed by atoms with Gasteiger partial charge in [-0.15, -0.1) is 6.42 Å². The smallest absolute Gasteiger partial charge is 0.198 e. The Kier molecular flexibility index (Phi) is 5.21. The molecular formula is C21H15ClN2O2. The van der Waals surface area contributed by atoms with Gasteiger partial charge in [0.05, 0.1) is 11.3 Å². The van der Waals surface area contributed by atoms with Crippen LogP contribution in [0.1, 0.15) is 27.4 Å². The summed E-state index contributed by atoms with van der Waals surface area (Å²) in [6.07, 6.45) is 6.96. The molecule has 3 aromatic rings. The normalized spacial score (nSPS) is 11.0. The number of halogens is 1. The predicted octanol–water partition coefficient (Wildman–Crippen LogP) is 4.95. The van der Waals surface area contributed by atoms with E-state index in [0.717, 1.165) is 11.3 Å². The van der Waals surface area contributed by atoms with Gasteiger partial charge in [0.25, 0.3) is 0 Å². The van der Waals surface area contributed by atoms with Gasteiger partial charge < -0.3 is 9.84 Å². The molecule has 0 aliphatic carbocycles. The number of aryl methyl sites for hydroxylation is 1. The standard InChI is InChI=1S/C21H15ClN2O2/c1-3-15-4-10-18(11-5-15)23-13-19(20-12-14(2)24-26-20)21(25)16-6-8-17(22)9-7-16/h1,4-13,23H,2H3/b19-13+. The zero-order valence-electron chi connectivity index (χ0n) is 14.0. The molecule has 0 saturated heterocycles. The molecule has 5 heteroatoms. The van der Waals surface area contributed by atoms with Crippen molar-refractivity contribution in [2.24, 2.45) is 0 Å². The predicted molar refractivity (Wildman–Crippen MR) is 103 cm³/mol. The number of terminal acetylenes is 1. The second kappa shape index (κ2) is 7.73. The molecule has 0 saturated carbocycles. The Labute approximate surface area is 156 Å². The Morgan fingerprint density at radius 2 is 1.88 bits per heavy atom. The average Bonchev–Trinajstić information content (AvgIpc) is 3.09. The lowest BCUT2D eigenvalue weighted by atomic mass is 10.0. The van der Waals surface area contributed by atoms with Gasteiger partial charge in [-0.25, -0.2) is 0 Å². The molecule has 0 radical (unpaired) electrons. The van der Waals surface area contributed by atoms with Crippen LogP contribution in [0.4, 0.5) is 5.69 Å². The summed E-state index contributed by atoms with van der Waals surface area (Å²) in [5.74, 6) is 2.74. The van der Waals surface area contributed by atoms with E-state index >= 15 is 0 Å². The minimum absolute atomic E-state index is 0.203. The van der Waals surface area contributed by atoms with Crippen LogP contribution in [0, 0.1) is 19.3 Å². The van der Waals surface area contributed by atoms with Crippen molar-refractivity contribution in [3.05, 3.63) is 88.4 Å². The molecular weight excluding hydrogens is 348 g/mol.